The molecule has 0 saturated heterocycles. The lowest BCUT2D eigenvalue weighted by molar-refractivity contribution is 0.102. The fraction of sp³-hybridized carbons (Fsp3) is 0.136. The van der Waals surface area contributed by atoms with E-state index in [-0.39, 0.29) is 11.7 Å². The molecule has 5 nitrogen and oxygen atoms in total. The number of sulfone groups is 1. The number of amides is 1. The van der Waals surface area contributed by atoms with Crippen molar-refractivity contribution < 1.29 is 13.2 Å². The van der Waals surface area contributed by atoms with Gasteiger partial charge in [0.15, 0.2) is 9.84 Å². The minimum Gasteiger partial charge on any atom is -0.343 e. The smallest absolute Gasteiger partial charge is 0.255 e. The molecule has 0 fully saturated rings. The van der Waals surface area contributed by atoms with E-state index in [1.807, 2.05) is 66.5 Å². The van der Waals surface area contributed by atoms with E-state index in [1.165, 1.54) is 6.26 Å². The molecule has 0 aliphatic carbocycles. The molecule has 0 heterocycles. The Kier molecular flexibility index (Phi) is 5.80. The second kappa shape index (κ2) is 8.27. The average molecular weight is 394 g/mol. The highest BCUT2D eigenvalue weighted by Gasteiger charge is 2.13. The molecule has 3 aromatic rings. The van der Waals surface area contributed by atoms with Gasteiger partial charge in [0.05, 0.1) is 17.1 Å². The second-order valence-corrected chi connectivity index (χ2v) is 8.77. The topological polar surface area (TPSA) is 66.5 Å². The summed E-state index contributed by atoms with van der Waals surface area (Å²) in [5.74, 6) is -0.292. The number of nitrogens with one attached hydrogen (secondary N) is 1. The van der Waals surface area contributed by atoms with E-state index >= 15 is 0 Å². The Bertz CT molecular complexity index is 1060. The number of benzene rings is 3. The zero-order chi connectivity index (χ0) is 20.1. The first-order valence-corrected chi connectivity index (χ1v) is 10.9. The van der Waals surface area contributed by atoms with Crippen molar-refractivity contribution in [3.63, 3.8) is 0 Å². The molecule has 0 aliphatic heterocycles. The first-order chi connectivity index (χ1) is 13.3. The molecule has 0 spiro atoms. The highest BCUT2D eigenvalue weighted by molar-refractivity contribution is 7.89. The van der Waals surface area contributed by atoms with Crippen LogP contribution in [0.3, 0.4) is 0 Å². The molecule has 1 amide bonds. The van der Waals surface area contributed by atoms with Gasteiger partial charge in [0.2, 0.25) is 0 Å². The molecule has 28 heavy (non-hydrogen) atoms. The summed E-state index contributed by atoms with van der Waals surface area (Å²) in [6, 6.07) is 24.1. The molecule has 3 aromatic carbocycles. The van der Waals surface area contributed by atoms with Crippen molar-refractivity contribution in [1.82, 2.24) is 0 Å². The number of anilines is 3. The molecule has 0 aliphatic rings. The zero-order valence-corrected chi connectivity index (χ0v) is 16.6. The Balaban J connectivity index is 1.80. The van der Waals surface area contributed by atoms with Crippen molar-refractivity contribution in [3.8, 4) is 0 Å². The monoisotopic (exact) mass is 394 g/mol. The Hall–Kier alpha value is -3.12. The summed E-state index contributed by atoms with van der Waals surface area (Å²) in [6.07, 6.45) is 1.19. The first-order valence-electron chi connectivity index (χ1n) is 8.79. The van der Waals surface area contributed by atoms with E-state index in [2.05, 4.69) is 5.32 Å². The summed E-state index contributed by atoms with van der Waals surface area (Å²) in [4.78, 5) is 14.7. The summed E-state index contributed by atoms with van der Waals surface area (Å²) in [6.45, 7) is 0. The SMILES string of the molecule is CN(c1ccccc1)c1ccccc1NC(=O)c1ccc(CS(C)(=O)=O)cc1. The minimum atomic E-state index is -3.11. The lowest BCUT2D eigenvalue weighted by Crippen LogP contribution is -2.16. The quantitative estimate of drug-likeness (QED) is 0.679. The largest absolute Gasteiger partial charge is 0.343 e. The van der Waals surface area contributed by atoms with Crippen LogP contribution in [0.2, 0.25) is 0 Å². The molecule has 144 valence electrons. The van der Waals surface area contributed by atoms with E-state index in [0.29, 0.717) is 16.8 Å². The van der Waals surface area contributed by atoms with Crippen LogP contribution in [0.15, 0.2) is 78.9 Å². The van der Waals surface area contributed by atoms with Gasteiger partial charge in [-0.2, -0.15) is 0 Å². The molecule has 0 aromatic heterocycles. The van der Waals surface area contributed by atoms with Crippen LogP contribution in [0.4, 0.5) is 17.1 Å². The standard InChI is InChI=1S/C22H22N2O3S/c1-24(19-8-4-3-5-9-19)21-11-7-6-10-20(21)23-22(25)18-14-12-17(13-15-18)16-28(2,26)27/h3-15H,16H2,1-2H3,(H,23,25). The van der Waals surface area contributed by atoms with E-state index < -0.39 is 9.84 Å². The fourth-order valence-electron chi connectivity index (χ4n) is 2.91. The van der Waals surface area contributed by atoms with Gasteiger partial charge in [-0.15, -0.1) is 0 Å². The predicted octanol–water partition coefficient (Wildman–Crippen LogP) is 4.25. The highest BCUT2D eigenvalue weighted by atomic mass is 32.2. The maximum Gasteiger partial charge on any atom is 0.255 e. The third-order valence-corrected chi connectivity index (χ3v) is 5.16. The lowest BCUT2D eigenvalue weighted by Gasteiger charge is -2.22. The Labute approximate surface area is 165 Å². The van der Waals surface area contributed by atoms with Gasteiger partial charge in [0, 0.05) is 24.6 Å². The summed E-state index contributed by atoms with van der Waals surface area (Å²) < 4.78 is 22.8. The predicted molar refractivity (Wildman–Crippen MR) is 114 cm³/mol. The molecule has 0 atom stereocenters. The van der Waals surface area contributed by atoms with Crippen LogP contribution in [0.1, 0.15) is 15.9 Å². The molecule has 6 heteroatoms. The second-order valence-electron chi connectivity index (χ2n) is 6.63. The normalized spacial score (nSPS) is 11.1. The van der Waals surface area contributed by atoms with Crippen LogP contribution in [-0.4, -0.2) is 27.6 Å². The van der Waals surface area contributed by atoms with Crippen LogP contribution in [0.5, 0.6) is 0 Å². The van der Waals surface area contributed by atoms with Crippen molar-refractivity contribution in [3.05, 3.63) is 90.0 Å². The Morgan fingerprint density at radius 2 is 1.50 bits per heavy atom. The molecule has 3 rings (SSSR count). The van der Waals surface area contributed by atoms with E-state index in [1.54, 1.807) is 24.3 Å². The number of para-hydroxylation sites is 3. The van der Waals surface area contributed by atoms with Crippen molar-refractivity contribution in [2.75, 3.05) is 23.5 Å². The van der Waals surface area contributed by atoms with E-state index in [0.717, 1.165) is 11.4 Å². The van der Waals surface area contributed by atoms with Crippen LogP contribution >= 0.6 is 0 Å². The summed E-state index contributed by atoms with van der Waals surface area (Å²) in [5.41, 5.74) is 3.70. The average Bonchev–Trinajstić information content (AvgIpc) is 2.68. The third-order valence-electron chi connectivity index (χ3n) is 4.30. The van der Waals surface area contributed by atoms with Gasteiger partial charge in [0.25, 0.3) is 5.91 Å². The Morgan fingerprint density at radius 1 is 0.893 bits per heavy atom. The molecule has 0 bridgehead atoms. The molecular formula is C22H22N2O3S. The maximum absolute atomic E-state index is 12.7. The number of rotatable bonds is 6. The number of nitrogens with zero attached hydrogens (tertiary/aromatic N) is 1. The van der Waals surface area contributed by atoms with Gasteiger partial charge in [-0.05, 0) is 42.0 Å². The molecule has 0 unspecified atom stereocenters. The number of carbonyl (C=O) groups is 1. The summed E-state index contributed by atoms with van der Waals surface area (Å²) in [7, 11) is -1.16. The summed E-state index contributed by atoms with van der Waals surface area (Å²) >= 11 is 0. The molecule has 0 radical (unpaired) electrons. The maximum atomic E-state index is 12.7. The molecule has 0 saturated carbocycles. The fourth-order valence-corrected chi connectivity index (χ4v) is 3.71. The van der Waals surface area contributed by atoms with Crippen molar-refractivity contribution in [2.24, 2.45) is 0 Å². The third kappa shape index (κ3) is 4.98. The van der Waals surface area contributed by atoms with Crippen molar-refractivity contribution >= 4 is 32.8 Å². The number of hydrogen-bond donors (Lipinski definition) is 1. The Morgan fingerprint density at radius 3 is 2.14 bits per heavy atom. The summed E-state index contributed by atoms with van der Waals surface area (Å²) in [5, 5.41) is 2.95. The van der Waals surface area contributed by atoms with Crippen molar-refractivity contribution in [2.45, 2.75) is 5.75 Å². The van der Waals surface area contributed by atoms with E-state index in [9.17, 15) is 13.2 Å². The lowest BCUT2D eigenvalue weighted by atomic mass is 10.1. The van der Waals surface area contributed by atoms with Crippen LogP contribution in [-0.2, 0) is 15.6 Å². The van der Waals surface area contributed by atoms with E-state index in [4.69, 9.17) is 0 Å². The van der Waals surface area contributed by atoms with Gasteiger partial charge >= 0.3 is 0 Å². The van der Waals surface area contributed by atoms with Crippen LogP contribution < -0.4 is 10.2 Å². The van der Waals surface area contributed by atoms with Gasteiger partial charge in [0.1, 0.15) is 0 Å². The van der Waals surface area contributed by atoms with Gasteiger partial charge in [-0.3, -0.25) is 4.79 Å². The molecule has 1 N–H and O–H groups in total. The van der Waals surface area contributed by atoms with Gasteiger partial charge in [-0.1, -0.05) is 42.5 Å². The number of hydrogen-bond acceptors (Lipinski definition) is 4. The minimum absolute atomic E-state index is 0.0421. The molecular weight excluding hydrogens is 372 g/mol. The van der Waals surface area contributed by atoms with Gasteiger partial charge < -0.3 is 10.2 Å². The van der Waals surface area contributed by atoms with Crippen LogP contribution in [0.25, 0.3) is 0 Å². The van der Waals surface area contributed by atoms with Crippen LogP contribution in [0, 0.1) is 0 Å². The van der Waals surface area contributed by atoms with Gasteiger partial charge in [-0.25, -0.2) is 8.42 Å². The first kappa shape index (κ1) is 19.6. The highest BCUT2D eigenvalue weighted by Crippen LogP contribution is 2.30. The van der Waals surface area contributed by atoms with Crippen molar-refractivity contribution in [1.29, 1.82) is 0 Å². The zero-order valence-electron chi connectivity index (χ0n) is 15.8. The number of carbonyl (C=O) groups excluding carboxylic acids is 1.